The summed E-state index contributed by atoms with van der Waals surface area (Å²) in [7, 11) is 1.19. The maximum absolute atomic E-state index is 12.5. The van der Waals surface area contributed by atoms with Crippen molar-refractivity contribution in [3.05, 3.63) is 42.2 Å². The van der Waals surface area contributed by atoms with Crippen LogP contribution in [0.15, 0.2) is 31.0 Å². The molecule has 0 aliphatic carbocycles. The van der Waals surface area contributed by atoms with Gasteiger partial charge >= 0.3 is 11.9 Å². The Bertz CT molecular complexity index is 387. The molecular weight excluding hydrogens is 219 g/mol. The quantitative estimate of drug-likeness (QED) is 0.576. The first-order valence-corrected chi connectivity index (χ1v) is 4.70. The molecule has 5 heteroatoms. The lowest BCUT2D eigenvalue weighted by Gasteiger charge is -2.07. The number of rotatable bonds is 3. The molecule has 0 aliphatic heterocycles. The Labute approximate surface area is 91.9 Å². The fraction of sp³-hybridized carbons (Fsp3) is 0.364. The summed E-state index contributed by atoms with van der Waals surface area (Å²) in [4.78, 5) is 4.67. The third-order valence-corrected chi connectivity index (χ3v) is 2.30. The Hall–Kier alpha value is -1.52. The Morgan fingerprint density at radius 1 is 1.44 bits per heavy atom. The van der Waals surface area contributed by atoms with Gasteiger partial charge in [0.1, 0.15) is 7.11 Å². The highest BCUT2D eigenvalue weighted by Crippen LogP contribution is 2.27. The third kappa shape index (κ3) is 2.53. The van der Waals surface area contributed by atoms with Gasteiger partial charge in [0.05, 0.1) is 0 Å². The average molecular weight is 232 g/mol. The molecule has 0 spiro atoms. The molecule has 1 aromatic heterocycles. The van der Waals surface area contributed by atoms with Crippen LogP contribution >= 0.6 is 0 Å². The molecule has 1 atom stereocenters. The highest BCUT2D eigenvalue weighted by atomic mass is 19.4. The number of halogens is 3. The number of allylic oxidation sites excluding steroid dienone is 1. The van der Waals surface area contributed by atoms with Crippen LogP contribution in [0.5, 0.6) is 0 Å². The minimum atomic E-state index is -4.42. The summed E-state index contributed by atoms with van der Waals surface area (Å²) in [6, 6.07) is 2.42. The van der Waals surface area contributed by atoms with Gasteiger partial charge in [-0.25, -0.2) is 0 Å². The van der Waals surface area contributed by atoms with Crippen LogP contribution < -0.4 is 9.57 Å². The summed E-state index contributed by atoms with van der Waals surface area (Å²) in [5.74, 6) is -0.0244. The highest BCUT2D eigenvalue weighted by Gasteiger charge is 2.42. The molecule has 2 nitrogen and oxygen atoms in total. The zero-order chi connectivity index (χ0) is 12.3. The molecule has 0 radical (unpaired) electrons. The van der Waals surface area contributed by atoms with E-state index in [0.29, 0.717) is 5.56 Å². The molecular formula is C11H13F3NO+. The van der Waals surface area contributed by atoms with Crippen LogP contribution in [0.4, 0.5) is 13.2 Å². The monoisotopic (exact) mass is 232 g/mol. The van der Waals surface area contributed by atoms with Crippen molar-refractivity contribution < 1.29 is 22.7 Å². The van der Waals surface area contributed by atoms with E-state index in [1.165, 1.54) is 19.4 Å². The minimum absolute atomic E-state index is 0.0244. The van der Waals surface area contributed by atoms with E-state index >= 15 is 0 Å². The summed E-state index contributed by atoms with van der Waals surface area (Å²) in [5, 5.41) is 0. The van der Waals surface area contributed by atoms with E-state index in [4.69, 9.17) is 0 Å². The molecule has 1 heterocycles. The molecule has 16 heavy (non-hydrogen) atoms. The standard InChI is InChI=1S/C11H13F3NO/c1-4-8(2)9-5-6-10(11(12,13)14)15(7-9)16-3/h4-8H,1H2,2-3H3/q+1. The summed E-state index contributed by atoms with van der Waals surface area (Å²) in [6.45, 7) is 5.43. The van der Waals surface area contributed by atoms with Gasteiger partial charge < -0.3 is 0 Å². The lowest BCUT2D eigenvalue weighted by atomic mass is 10.0. The molecule has 0 bridgehead atoms. The van der Waals surface area contributed by atoms with Crippen molar-refractivity contribution in [3.8, 4) is 0 Å². The van der Waals surface area contributed by atoms with E-state index in [1.807, 2.05) is 6.92 Å². The second kappa shape index (κ2) is 4.55. The van der Waals surface area contributed by atoms with E-state index in [2.05, 4.69) is 11.4 Å². The zero-order valence-corrected chi connectivity index (χ0v) is 9.08. The molecule has 0 saturated carbocycles. The van der Waals surface area contributed by atoms with Gasteiger partial charge in [0.25, 0.3) is 0 Å². The largest absolute Gasteiger partial charge is 0.482 e. The van der Waals surface area contributed by atoms with Crippen LogP contribution in [0.1, 0.15) is 24.1 Å². The predicted octanol–water partition coefficient (Wildman–Crippen LogP) is 2.34. The van der Waals surface area contributed by atoms with E-state index < -0.39 is 11.9 Å². The summed E-state index contributed by atoms with van der Waals surface area (Å²) in [5.41, 5.74) is -0.125. The van der Waals surface area contributed by atoms with Gasteiger partial charge in [-0.15, -0.1) is 6.58 Å². The number of aromatic nitrogens is 1. The van der Waals surface area contributed by atoms with Gasteiger partial charge in [-0.1, -0.05) is 13.0 Å². The van der Waals surface area contributed by atoms with Crippen molar-refractivity contribution in [2.24, 2.45) is 0 Å². The summed E-state index contributed by atoms with van der Waals surface area (Å²) >= 11 is 0. The molecule has 0 aliphatic rings. The van der Waals surface area contributed by atoms with Crippen LogP contribution in [0.3, 0.4) is 0 Å². The highest BCUT2D eigenvalue weighted by molar-refractivity contribution is 5.18. The normalized spacial score (nSPS) is 13.3. The summed E-state index contributed by atoms with van der Waals surface area (Å²) in [6.07, 6.45) is -1.45. The van der Waals surface area contributed by atoms with Crippen molar-refractivity contribution in [1.82, 2.24) is 0 Å². The van der Waals surface area contributed by atoms with E-state index in [0.717, 1.165) is 10.8 Å². The van der Waals surface area contributed by atoms with Crippen molar-refractivity contribution >= 4 is 0 Å². The van der Waals surface area contributed by atoms with Gasteiger partial charge in [0, 0.05) is 22.3 Å². The maximum atomic E-state index is 12.5. The fourth-order valence-corrected chi connectivity index (χ4v) is 1.27. The second-order valence-electron chi connectivity index (χ2n) is 3.38. The molecule has 1 rings (SSSR count). The topological polar surface area (TPSA) is 13.1 Å². The molecule has 1 unspecified atom stereocenters. The summed E-state index contributed by atoms with van der Waals surface area (Å²) < 4.78 is 38.3. The van der Waals surface area contributed by atoms with Gasteiger partial charge in [0.15, 0.2) is 0 Å². The average Bonchev–Trinajstić information content (AvgIpc) is 2.25. The molecule has 0 aromatic carbocycles. The fourth-order valence-electron chi connectivity index (χ4n) is 1.27. The molecule has 1 aromatic rings. The van der Waals surface area contributed by atoms with Gasteiger partial charge in [-0.3, -0.25) is 4.84 Å². The molecule has 0 saturated heterocycles. The van der Waals surface area contributed by atoms with Gasteiger partial charge in [0.2, 0.25) is 6.20 Å². The molecule has 0 fully saturated rings. The maximum Gasteiger partial charge on any atom is 0.482 e. The first-order valence-electron chi connectivity index (χ1n) is 4.70. The van der Waals surface area contributed by atoms with Crippen LogP contribution in [0.2, 0.25) is 0 Å². The number of alkyl halides is 3. The lowest BCUT2D eigenvalue weighted by molar-refractivity contribution is -0.896. The van der Waals surface area contributed by atoms with E-state index in [9.17, 15) is 13.2 Å². The first kappa shape index (κ1) is 12.5. The Morgan fingerprint density at radius 3 is 2.50 bits per heavy atom. The van der Waals surface area contributed by atoms with Crippen LogP contribution in [0, 0.1) is 0 Å². The van der Waals surface area contributed by atoms with Crippen molar-refractivity contribution in [3.63, 3.8) is 0 Å². The SMILES string of the molecule is C=CC(C)c1ccc(C(F)(F)F)[n+](OC)c1. The number of hydrogen-bond donors (Lipinski definition) is 0. The smallest absolute Gasteiger partial charge is 0.274 e. The first-order chi connectivity index (χ1) is 7.40. The van der Waals surface area contributed by atoms with E-state index in [1.54, 1.807) is 6.08 Å². The van der Waals surface area contributed by atoms with Gasteiger partial charge in [-0.05, 0) is 6.07 Å². The van der Waals surface area contributed by atoms with Gasteiger partial charge in [-0.2, -0.15) is 13.2 Å². The Balaban J connectivity index is 3.22. The number of pyridine rings is 1. The van der Waals surface area contributed by atoms with Crippen LogP contribution in [0.25, 0.3) is 0 Å². The third-order valence-electron chi connectivity index (χ3n) is 2.30. The minimum Gasteiger partial charge on any atom is -0.274 e. The van der Waals surface area contributed by atoms with Crippen molar-refractivity contribution in [1.29, 1.82) is 0 Å². The molecule has 88 valence electrons. The van der Waals surface area contributed by atoms with Crippen LogP contribution in [-0.2, 0) is 6.18 Å². The lowest BCUT2D eigenvalue weighted by Crippen LogP contribution is -2.47. The van der Waals surface area contributed by atoms with Crippen LogP contribution in [-0.4, -0.2) is 7.11 Å². The Morgan fingerprint density at radius 2 is 2.06 bits per heavy atom. The Kier molecular flexibility index (Phi) is 3.57. The van der Waals surface area contributed by atoms with Crippen molar-refractivity contribution in [2.75, 3.05) is 7.11 Å². The molecule has 0 N–H and O–H groups in total. The number of nitrogens with zero attached hydrogens (tertiary/aromatic N) is 1. The predicted molar refractivity (Wildman–Crippen MR) is 52.8 cm³/mol. The molecule has 0 amide bonds. The van der Waals surface area contributed by atoms with E-state index in [-0.39, 0.29) is 5.92 Å². The van der Waals surface area contributed by atoms with Crippen molar-refractivity contribution in [2.45, 2.75) is 19.0 Å². The zero-order valence-electron chi connectivity index (χ0n) is 9.08. The number of hydrogen-bond acceptors (Lipinski definition) is 1. The second-order valence-corrected chi connectivity index (χ2v) is 3.38.